The fourth-order valence-electron chi connectivity index (χ4n) is 1.34. The molecule has 78 valence electrons. The van der Waals surface area contributed by atoms with Gasteiger partial charge in [-0.1, -0.05) is 0 Å². The van der Waals surface area contributed by atoms with Crippen molar-refractivity contribution in [1.82, 2.24) is 10.6 Å². The summed E-state index contributed by atoms with van der Waals surface area (Å²) in [7, 11) is 3.84. The van der Waals surface area contributed by atoms with Crippen molar-refractivity contribution in [2.75, 3.05) is 27.2 Å². The zero-order chi connectivity index (χ0) is 10.3. The van der Waals surface area contributed by atoms with Crippen molar-refractivity contribution in [3.8, 4) is 0 Å². The van der Waals surface area contributed by atoms with Crippen molar-refractivity contribution in [1.29, 1.82) is 5.41 Å². The van der Waals surface area contributed by atoms with Crippen molar-refractivity contribution in [3.63, 3.8) is 0 Å². The maximum absolute atomic E-state index is 7.37. The molecular formula is C9H22N4. The summed E-state index contributed by atoms with van der Waals surface area (Å²) in [6.07, 6.45) is 1.72. The quantitative estimate of drug-likeness (QED) is 0.421. The van der Waals surface area contributed by atoms with Crippen molar-refractivity contribution >= 4 is 5.71 Å². The van der Waals surface area contributed by atoms with E-state index in [0.717, 1.165) is 19.4 Å². The SMILES string of the molecule is CNCC(CN)(CCC(C)=N)NC. The van der Waals surface area contributed by atoms with Gasteiger partial charge in [0.25, 0.3) is 0 Å². The average Bonchev–Trinajstić information content (AvgIpc) is 2.12. The fourth-order valence-corrected chi connectivity index (χ4v) is 1.34. The molecule has 0 radical (unpaired) electrons. The van der Waals surface area contributed by atoms with Gasteiger partial charge >= 0.3 is 0 Å². The van der Waals surface area contributed by atoms with Gasteiger partial charge in [-0.3, -0.25) is 0 Å². The summed E-state index contributed by atoms with van der Waals surface area (Å²) in [5.41, 5.74) is 6.37. The molecule has 0 aromatic rings. The van der Waals surface area contributed by atoms with Crippen LogP contribution in [0.1, 0.15) is 19.8 Å². The molecule has 0 heterocycles. The maximum Gasteiger partial charge on any atom is 0.0431 e. The van der Waals surface area contributed by atoms with Gasteiger partial charge in [-0.15, -0.1) is 0 Å². The van der Waals surface area contributed by atoms with Gasteiger partial charge in [-0.2, -0.15) is 0 Å². The van der Waals surface area contributed by atoms with E-state index in [4.69, 9.17) is 11.1 Å². The van der Waals surface area contributed by atoms with Gasteiger partial charge in [0.15, 0.2) is 0 Å². The molecule has 0 aliphatic carbocycles. The third-order valence-corrected chi connectivity index (χ3v) is 2.41. The van der Waals surface area contributed by atoms with E-state index in [-0.39, 0.29) is 5.54 Å². The zero-order valence-corrected chi connectivity index (χ0v) is 8.91. The zero-order valence-electron chi connectivity index (χ0n) is 8.91. The molecule has 4 heteroatoms. The van der Waals surface area contributed by atoms with Crippen LogP contribution in [0.15, 0.2) is 0 Å². The first kappa shape index (κ1) is 12.6. The minimum Gasteiger partial charge on any atom is -0.329 e. The Kier molecular flexibility index (Phi) is 5.86. The topological polar surface area (TPSA) is 73.9 Å². The lowest BCUT2D eigenvalue weighted by Gasteiger charge is -2.32. The molecule has 0 amide bonds. The van der Waals surface area contributed by atoms with E-state index in [1.807, 2.05) is 21.0 Å². The van der Waals surface area contributed by atoms with E-state index < -0.39 is 0 Å². The number of nitrogens with one attached hydrogen (secondary N) is 3. The van der Waals surface area contributed by atoms with Crippen LogP contribution in [0.3, 0.4) is 0 Å². The van der Waals surface area contributed by atoms with Gasteiger partial charge in [0.2, 0.25) is 0 Å². The minimum absolute atomic E-state index is 0.0585. The molecule has 0 aromatic carbocycles. The lowest BCUT2D eigenvalue weighted by molar-refractivity contribution is 0.328. The predicted molar refractivity (Wildman–Crippen MR) is 57.4 cm³/mol. The van der Waals surface area contributed by atoms with Crippen LogP contribution in [0.25, 0.3) is 0 Å². The molecular weight excluding hydrogens is 164 g/mol. The van der Waals surface area contributed by atoms with Gasteiger partial charge in [0, 0.05) is 24.3 Å². The number of hydrogen-bond donors (Lipinski definition) is 4. The maximum atomic E-state index is 7.37. The van der Waals surface area contributed by atoms with Gasteiger partial charge in [0.05, 0.1) is 0 Å². The van der Waals surface area contributed by atoms with E-state index in [1.54, 1.807) is 0 Å². The van der Waals surface area contributed by atoms with E-state index in [1.165, 1.54) is 0 Å². The summed E-state index contributed by atoms with van der Waals surface area (Å²) in [5, 5.41) is 13.7. The molecule has 0 aliphatic rings. The fraction of sp³-hybridized carbons (Fsp3) is 0.889. The number of rotatable bonds is 7. The molecule has 0 bridgehead atoms. The molecule has 1 atom stereocenters. The van der Waals surface area contributed by atoms with Crippen molar-refractivity contribution in [2.45, 2.75) is 25.3 Å². The van der Waals surface area contributed by atoms with Crippen molar-refractivity contribution in [2.24, 2.45) is 5.73 Å². The van der Waals surface area contributed by atoms with Crippen LogP contribution < -0.4 is 16.4 Å². The largest absolute Gasteiger partial charge is 0.329 e. The highest BCUT2D eigenvalue weighted by atomic mass is 15.0. The lowest BCUT2D eigenvalue weighted by Crippen LogP contribution is -2.55. The highest BCUT2D eigenvalue weighted by molar-refractivity contribution is 5.78. The Labute approximate surface area is 80.8 Å². The summed E-state index contributed by atoms with van der Waals surface area (Å²) in [4.78, 5) is 0. The van der Waals surface area contributed by atoms with Crippen LogP contribution >= 0.6 is 0 Å². The van der Waals surface area contributed by atoms with Crippen LogP contribution in [0.2, 0.25) is 0 Å². The molecule has 0 saturated heterocycles. The summed E-state index contributed by atoms with van der Waals surface area (Å²) >= 11 is 0. The van der Waals surface area contributed by atoms with Crippen LogP contribution in [0.5, 0.6) is 0 Å². The van der Waals surface area contributed by atoms with Crippen molar-refractivity contribution < 1.29 is 0 Å². The molecule has 0 rings (SSSR count). The Morgan fingerprint density at radius 2 is 2.08 bits per heavy atom. The Hall–Kier alpha value is -0.450. The summed E-state index contributed by atoms with van der Waals surface area (Å²) in [5.74, 6) is 0. The monoisotopic (exact) mass is 186 g/mol. The van der Waals surface area contributed by atoms with E-state index in [0.29, 0.717) is 12.3 Å². The second kappa shape index (κ2) is 6.07. The normalized spacial score (nSPS) is 15.4. The van der Waals surface area contributed by atoms with Gasteiger partial charge in [-0.05, 0) is 33.9 Å². The molecule has 0 aromatic heterocycles. The highest BCUT2D eigenvalue weighted by Gasteiger charge is 2.24. The number of likely N-dealkylation sites (N-methyl/N-ethyl adjacent to an activating group) is 2. The molecule has 0 fully saturated rings. The van der Waals surface area contributed by atoms with Crippen LogP contribution in [0, 0.1) is 5.41 Å². The lowest BCUT2D eigenvalue weighted by atomic mass is 9.92. The Morgan fingerprint density at radius 3 is 2.38 bits per heavy atom. The first-order valence-corrected chi connectivity index (χ1v) is 4.68. The minimum atomic E-state index is -0.0585. The van der Waals surface area contributed by atoms with Crippen LogP contribution in [0.4, 0.5) is 0 Å². The van der Waals surface area contributed by atoms with Crippen LogP contribution in [-0.2, 0) is 0 Å². The highest BCUT2D eigenvalue weighted by Crippen LogP contribution is 2.10. The third-order valence-electron chi connectivity index (χ3n) is 2.41. The first-order valence-electron chi connectivity index (χ1n) is 4.68. The molecule has 4 nitrogen and oxygen atoms in total. The Balaban J connectivity index is 4.12. The average molecular weight is 186 g/mol. The van der Waals surface area contributed by atoms with Gasteiger partial charge in [0.1, 0.15) is 0 Å². The van der Waals surface area contributed by atoms with Crippen LogP contribution in [-0.4, -0.2) is 38.4 Å². The second-order valence-electron chi connectivity index (χ2n) is 3.55. The molecule has 0 spiro atoms. The molecule has 1 unspecified atom stereocenters. The van der Waals surface area contributed by atoms with Crippen molar-refractivity contribution in [3.05, 3.63) is 0 Å². The van der Waals surface area contributed by atoms with E-state index in [2.05, 4.69) is 10.6 Å². The molecule has 0 saturated carbocycles. The number of hydrogen-bond acceptors (Lipinski definition) is 4. The van der Waals surface area contributed by atoms with Gasteiger partial charge in [-0.25, -0.2) is 0 Å². The molecule has 13 heavy (non-hydrogen) atoms. The summed E-state index contributed by atoms with van der Waals surface area (Å²) in [6.45, 7) is 3.27. The Bertz CT molecular complexity index is 152. The standard InChI is InChI=1S/C9H22N4/c1-8(11)4-5-9(6-10,13-3)7-12-2/h11-13H,4-7,10H2,1-3H3. The van der Waals surface area contributed by atoms with E-state index in [9.17, 15) is 0 Å². The summed E-state index contributed by atoms with van der Waals surface area (Å²) in [6, 6.07) is 0. The summed E-state index contributed by atoms with van der Waals surface area (Å²) < 4.78 is 0. The predicted octanol–water partition coefficient (Wildman–Crippen LogP) is -0.0574. The first-order chi connectivity index (χ1) is 6.10. The third kappa shape index (κ3) is 4.36. The molecule has 0 aliphatic heterocycles. The smallest absolute Gasteiger partial charge is 0.0431 e. The van der Waals surface area contributed by atoms with E-state index >= 15 is 0 Å². The number of nitrogens with two attached hydrogens (primary N) is 1. The van der Waals surface area contributed by atoms with Gasteiger partial charge < -0.3 is 21.8 Å². The Morgan fingerprint density at radius 1 is 1.46 bits per heavy atom. The second-order valence-corrected chi connectivity index (χ2v) is 3.55. The molecule has 5 N–H and O–H groups in total.